The van der Waals surface area contributed by atoms with E-state index in [2.05, 4.69) is 15.9 Å². The van der Waals surface area contributed by atoms with Crippen molar-refractivity contribution in [2.24, 2.45) is 0 Å². The fourth-order valence-corrected chi connectivity index (χ4v) is 1.99. The van der Waals surface area contributed by atoms with Crippen molar-refractivity contribution in [1.82, 2.24) is 4.90 Å². The summed E-state index contributed by atoms with van der Waals surface area (Å²) >= 11 is 3.10. The summed E-state index contributed by atoms with van der Waals surface area (Å²) in [6, 6.07) is 6.60. The summed E-state index contributed by atoms with van der Waals surface area (Å²) in [5, 5.41) is 0.289. The van der Waals surface area contributed by atoms with E-state index >= 15 is 0 Å². The highest BCUT2D eigenvalue weighted by Crippen LogP contribution is 2.23. The maximum Gasteiger partial charge on any atom is 0.261 e. The van der Waals surface area contributed by atoms with Crippen LogP contribution in [0.2, 0.25) is 0 Å². The van der Waals surface area contributed by atoms with Crippen LogP contribution in [-0.2, 0) is 0 Å². The maximum absolute atomic E-state index is 12.5. The van der Waals surface area contributed by atoms with E-state index in [0.29, 0.717) is 23.0 Å². The Kier molecular flexibility index (Phi) is 3.38. The molecule has 0 bridgehead atoms. The van der Waals surface area contributed by atoms with E-state index in [0.717, 1.165) is 4.90 Å². The Morgan fingerprint density at radius 2 is 1.76 bits per heavy atom. The van der Waals surface area contributed by atoms with E-state index in [-0.39, 0.29) is 23.7 Å². The van der Waals surface area contributed by atoms with Gasteiger partial charge in [0.05, 0.1) is 24.0 Å². The minimum absolute atomic E-state index is 0.0197. The number of imide groups is 1. The molecule has 5 heteroatoms. The number of amides is 2. The minimum atomic E-state index is -0.370. The Labute approximate surface area is 106 Å². The third-order valence-corrected chi connectivity index (χ3v) is 3.29. The van der Waals surface area contributed by atoms with Crippen LogP contribution in [0.5, 0.6) is 0 Å². The Morgan fingerprint density at radius 3 is 2.18 bits per heavy atom. The Morgan fingerprint density at radius 1 is 1.24 bits per heavy atom. The Bertz CT molecular complexity index is 478. The number of rotatable bonds is 3. The molecule has 2 rings (SSSR count). The van der Waals surface area contributed by atoms with Crippen LogP contribution in [0.15, 0.2) is 36.2 Å². The lowest BCUT2D eigenvalue weighted by Gasteiger charge is -2.14. The van der Waals surface area contributed by atoms with Crippen molar-refractivity contribution in [3.63, 3.8) is 0 Å². The van der Waals surface area contributed by atoms with Crippen LogP contribution in [-0.4, -0.2) is 28.6 Å². The molecule has 0 fully saturated rings. The maximum atomic E-state index is 12.5. The second-order valence-corrected chi connectivity index (χ2v) is 4.20. The topological polar surface area (TPSA) is 37.4 Å². The molecule has 0 atom stereocenters. The van der Waals surface area contributed by atoms with Crippen molar-refractivity contribution < 1.29 is 14.0 Å². The van der Waals surface area contributed by atoms with Gasteiger partial charge in [0.2, 0.25) is 0 Å². The summed E-state index contributed by atoms with van der Waals surface area (Å²) in [5.74, 6) is -0.739. The van der Waals surface area contributed by atoms with Crippen LogP contribution in [0.3, 0.4) is 0 Å². The lowest BCUT2D eigenvalue weighted by atomic mass is 10.1. The molecular weight excluding hydrogens is 289 g/mol. The van der Waals surface area contributed by atoms with E-state index < -0.39 is 0 Å². The lowest BCUT2D eigenvalue weighted by molar-refractivity contribution is 0.0668. The van der Waals surface area contributed by atoms with Crippen LogP contribution in [0.25, 0.3) is 0 Å². The molecule has 0 spiro atoms. The zero-order valence-corrected chi connectivity index (χ0v) is 10.4. The number of hydrogen-bond acceptors (Lipinski definition) is 2. The number of hydrogen-bond donors (Lipinski definition) is 0. The van der Waals surface area contributed by atoms with Crippen LogP contribution in [0.1, 0.15) is 20.7 Å². The van der Waals surface area contributed by atoms with Crippen LogP contribution >= 0.6 is 15.9 Å². The first-order valence-electron chi connectivity index (χ1n) is 4.98. The van der Waals surface area contributed by atoms with Gasteiger partial charge in [0, 0.05) is 5.33 Å². The van der Waals surface area contributed by atoms with E-state index in [1.54, 1.807) is 24.3 Å². The molecule has 0 saturated heterocycles. The zero-order valence-electron chi connectivity index (χ0n) is 8.82. The van der Waals surface area contributed by atoms with E-state index in [1.807, 2.05) is 0 Å². The SMILES string of the molecule is O=C1c2ccccc2C(=O)N1C/C(=C\F)CBr. The number of carbonyl (C=O) groups is 2. The lowest BCUT2D eigenvalue weighted by Crippen LogP contribution is -2.31. The highest BCUT2D eigenvalue weighted by molar-refractivity contribution is 9.09. The Balaban J connectivity index is 2.30. The van der Waals surface area contributed by atoms with Gasteiger partial charge in [-0.1, -0.05) is 28.1 Å². The zero-order chi connectivity index (χ0) is 12.4. The summed E-state index contributed by atoms with van der Waals surface area (Å²) in [5.41, 5.74) is 1.11. The Hall–Kier alpha value is -1.49. The predicted molar refractivity (Wildman–Crippen MR) is 64.8 cm³/mol. The number of benzene rings is 1. The van der Waals surface area contributed by atoms with E-state index in [4.69, 9.17) is 0 Å². The third kappa shape index (κ3) is 2.02. The molecular formula is C12H9BrFNO2. The molecule has 2 amide bonds. The normalized spacial score (nSPS) is 15.4. The monoisotopic (exact) mass is 297 g/mol. The van der Waals surface area contributed by atoms with Crippen LogP contribution in [0, 0.1) is 0 Å². The summed E-state index contributed by atoms with van der Waals surface area (Å²) in [7, 11) is 0. The average molecular weight is 298 g/mol. The van der Waals surface area contributed by atoms with Gasteiger partial charge in [-0.2, -0.15) is 0 Å². The molecule has 0 radical (unpaired) electrons. The molecule has 1 aliphatic heterocycles. The van der Waals surface area contributed by atoms with E-state index in [1.165, 1.54) is 0 Å². The average Bonchev–Trinajstić information content (AvgIpc) is 2.61. The van der Waals surface area contributed by atoms with Gasteiger partial charge in [-0.25, -0.2) is 4.39 Å². The summed E-state index contributed by atoms with van der Waals surface area (Å²) in [6.45, 7) is -0.0197. The van der Waals surface area contributed by atoms with Crippen molar-refractivity contribution >= 4 is 27.7 Å². The fourth-order valence-electron chi connectivity index (χ4n) is 1.69. The summed E-state index contributed by atoms with van der Waals surface area (Å²) in [6.07, 6.45) is 0.415. The van der Waals surface area contributed by atoms with Gasteiger partial charge < -0.3 is 0 Å². The fraction of sp³-hybridized carbons (Fsp3) is 0.167. The first kappa shape index (κ1) is 12.0. The summed E-state index contributed by atoms with van der Waals surface area (Å²) < 4.78 is 12.5. The first-order chi connectivity index (χ1) is 8.19. The molecule has 0 unspecified atom stereocenters. The molecule has 0 saturated carbocycles. The summed E-state index contributed by atoms with van der Waals surface area (Å²) in [4.78, 5) is 24.9. The standard InChI is InChI=1S/C12H9BrFNO2/c13-5-8(6-14)7-15-11(16)9-3-1-2-4-10(9)12(15)17/h1-4,6H,5,7H2/b8-6-. The largest absolute Gasteiger partial charge is 0.270 e. The van der Waals surface area contributed by atoms with Gasteiger partial charge in [-0.15, -0.1) is 0 Å². The molecule has 1 aromatic rings. The number of alkyl halides is 1. The van der Waals surface area contributed by atoms with Gasteiger partial charge >= 0.3 is 0 Å². The molecule has 88 valence electrons. The second kappa shape index (κ2) is 4.79. The van der Waals surface area contributed by atoms with Gasteiger partial charge in [-0.3, -0.25) is 14.5 Å². The highest BCUT2D eigenvalue weighted by atomic mass is 79.9. The number of fused-ring (bicyclic) bond motifs is 1. The molecule has 3 nitrogen and oxygen atoms in total. The predicted octanol–water partition coefficient (Wildman–Crippen LogP) is 2.53. The third-order valence-electron chi connectivity index (χ3n) is 2.57. The number of nitrogens with zero attached hydrogens (tertiary/aromatic N) is 1. The quantitative estimate of drug-likeness (QED) is 0.635. The number of halogens is 2. The molecule has 1 heterocycles. The van der Waals surface area contributed by atoms with Gasteiger partial charge in [-0.05, 0) is 17.7 Å². The van der Waals surface area contributed by atoms with Crippen LogP contribution in [0.4, 0.5) is 4.39 Å². The van der Waals surface area contributed by atoms with Crippen molar-refractivity contribution in [2.75, 3.05) is 11.9 Å². The number of carbonyl (C=O) groups excluding carboxylic acids is 2. The van der Waals surface area contributed by atoms with Gasteiger partial charge in [0.25, 0.3) is 11.8 Å². The van der Waals surface area contributed by atoms with Crippen LogP contribution < -0.4 is 0 Å². The highest BCUT2D eigenvalue weighted by Gasteiger charge is 2.35. The van der Waals surface area contributed by atoms with E-state index in [9.17, 15) is 14.0 Å². The van der Waals surface area contributed by atoms with Crippen molar-refractivity contribution in [1.29, 1.82) is 0 Å². The minimum Gasteiger partial charge on any atom is -0.270 e. The molecule has 17 heavy (non-hydrogen) atoms. The molecule has 0 aliphatic carbocycles. The first-order valence-corrected chi connectivity index (χ1v) is 6.10. The second-order valence-electron chi connectivity index (χ2n) is 3.64. The van der Waals surface area contributed by atoms with Crippen molar-refractivity contribution in [2.45, 2.75) is 0 Å². The smallest absolute Gasteiger partial charge is 0.261 e. The van der Waals surface area contributed by atoms with Gasteiger partial charge in [0.15, 0.2) is 0 Å². The molecule has 1 aromatic carbocycles. The molecule has 0 N–H and O–H groups in total. The molecule has 1 aliphatic rings. The van der Waals surface area contributed by atoms with Crippen molar-refractivity contribution in [3.8, 4) is 0 Å². The molecule has 0 aromatic heterocycles. The van der Waals surface area contributed by atoms with Crippen molar-refractivity contribution in [3.05, 3.63) is 47.3 Å². The van der Waals surface area contributed by atoms with Gasteiger partial charge in [0.1, 0.15) is 0 Å².